The van der Waals surface area contributed by atoms with E-state index in [2.05, 4.69) is 28.5 Å². The van der Waals surface area contributed by atoms with Crippen LogP contribution in [0.25, 0.3) is 0 Å². The van der Waals surface area contributed by atoms with Crippen LogP contribution in [0.15, 0.2) is 36.7 Å². The normalized spacial score (nSPS) is 16.9. The highest BCUT2D eigenvalue weighted by Gasteiger charge is 2.19. The molecule has 0 saturated carbocycles. The fourth-order valence-corrected chi connectivity index (χ4v) is 3.07. The number of ether oxygens (including phenoxy) is 2. The van der Waals surface area contributed by atoms with E-state index >= 15 is 0 Å². The molecule has 0 fully saturated rings. The van der Waals surface area contributed by atoms with Crippen LogP contribution in [0, 0.1) is 0 Å². The smallest absolute Gasteiger partial charge is 0.160 e. The zero-order valence-electron chi connectivity index (χ0n) is 13.1. The number of aryl methyl sites for hydroxylation is 1. The third kappa shape index (κ3) is 3.07. The Morgan fingerprint density at radius 1 is 1.18 bits per heavy atom. The summed E-state index contributed by atoms with van der Waals surface area (Å²) in [6.07, 6.45) is 7.02. The molecule has 116 valence electrons. The van der Waals surface area contributed by atoms with Gasteiger partial charge in [0.25, 0.3) is 0 Å². The monoisotopic (exact) mass is 298 g/mol. The first-order chi connectivity index (χ1) is 10.8. The van der Waals surface area contributed by atoms with Crippen LogP contribution in [0.4, 0.5) is 0 Å². The Morgan fingerprint density at radius 2 is 2.05 bits per heavy atom. The van der Waals surface area contributed by atoms with E-state index in [4.69, 9.17) is 9.47 Å². The standard InChI is InChI=1S/C18H22N2O2/c1-21-17-6-4-13(11-18(17)22-2)3-5-16-15-12-19-9-7-14(15)8-10-20-16/h4,6-7,9,11-12,16,20H,3,5,8,10H2,1-2H3. The zero-order chi connectivity index (χ0) is 15.4. The van der Waals surface area contributed by atoms with Gasteiger partial charge in [0.15, 0.2) is 11.5 Å². The highest BCUT2D eigenvalue weighted by atomic mass is 16.5. The number of nitrogens with zero attached hydrogens (tertiary/aromatic N) is 1. The summed E-state index contributed by atoms with van der Waals surface area (Å²) in [4.78, 5) is 4.28. The van der Waals surface area contributed by atoms with Gasteiger partial charge in [-0.25, -0.2) is 0 Å². The highest BCUT2D eigenvalue weighted by Crippen LogP contribution is 2.30. The van der Waals surface area contributed by atoms with Crippen molar-refractivity contribution in [2.24, 2.45) is 0 Å². The van der Waals surface area contributed by atoms with Crippen molar-refractivity contribution in [3.8, 4) is 11.5 Å². The number of aromatic nitrogens is 1. The van der Waals surface area contributed by atoms with Crippen LogP contribution in [0.5, 0.6) is 11.5 Å². The highest BCUT2D eigenvalue weighted by molar-refractivity contribution is 5.43. The summed E-state index contributed by atoms with van der Waals surface area (Å²) in [5.41, 5.74) is 4.02. The number of fused-ring (bicyclic) bond motifs is 1. The maximum absolute atomic E-state index is 5.37. The van der Waals surface area contributed by atoms with Crippen molar-refractivity contribution in [2.45, 2.75) is 25.3 Å². The lowest BCUT2D eigenvalue weighted by Crippen LogP contribution is -2.30. The Kier molecular flexibility index (Phi) is 4.59. The Labute approximate surface area is 131 Å². The minimum atomic E-state index is 0.380. The number of hydrogen-bond donors (Lipinski definition) is 1. The molecule has 1 aliphatic rings. The minimum absolute atomic E-state index is 0.380. The van der Waals surface area contributed by atoms with Crippen molar-refractivity contribution in [3.05, 3.63) is 53.3 Å². The SMILES string of the molecule is COc1ccc(CCC2NCCc3ccncc32)cc1OC. The molecular formula is C18H22N2O2. The molecular weight excluding hydrogens is 276 g/mol. The van der Waals surface area contributed by atoms with Gasteiger partial charge in [0.1, 0.15) is 0 Å². The van der Waals surface area contributed by atoms with Crippen molar-refractivity contribution >= 4 is 0 Å². The molecule has 0 bridgehead atoms. The maximum Gasteiger partial charge on any atom is 0.160 e. The first kappa shape index (κ1) is 14.9. The molecule has 1 aromatic heterocycles. The van der Waals surface area contributed by atoms with E-state index in [1.165, 1.54) is 16.7 Å². The summed E-state index contributed by atoms with van der Waals surface area (Å²) in [7, 11) is 3.33. The van der Waals surface area contributed by atoms with Crippen LogP contribution in [-0.2, 0) is 12.8 Å². The van der Waals surface area contributed by atoms with E-state index in [1.54, 1.807) is 14.2 Å². The summed E-state index contributed by atoms with van der Waals surface area (Å²) < 4.78 is 10.7. The molecule has 0 radical (unpaired) electrons. The second-order valence-corrected chi connectivity index (χ2v) is 5.56. The number of benzene rings is 1. The van der Waals surface area contributed by atoms with Crippen molar-refractivity contribution in [1.29, 1.82) is 0 Å². The summed E-state index contributed by atoms with van der Waals surface area (Å²) in [5, 5.41) is 3.60. The zero-order valence-corrected chi connectivity index (χ0v) is 13.1. The van der Waals surface area contributed by atoms with Gasteiger partial charge in [0, 0.05) is 18.4 Å². The average Bonchev–Trinajstić information content (AvgIpc) is 2.59. The van der Waals surface area contributed by atoms with Crippen molar-refractivity contribution in [2.75, 3.05) is 20.8 Å². The van der Waals surface area contributed by atoms with Crippen LogP contribution in [-0.4, -0.2) is 25.7 Å². The van der Waals surface area contributed by atoms with Crippen molar-refractivity contribution in [3.63, 3.8) is 0 Å². The van der Waals surface area contributed by atoms with Gasteiger partial charge in [-0.15, -0.1) is 0 Å². The van der Waals surface area contributed by atoms with Crippen LogP contribution in [0.2, 0.25) is 0 Å². The van der Waals surface area contributed by atoms with Crippen LogP contribution in [0.1, 0.15) is 29.2 Å². The summed E-state index contributed by atoms with van der Waals surface area (Å²) in [6.45, 7) is 1.04. The fraction of sp³-hybridized carbons (Fsp3) is 0.389. The molecule has 22 heavy (non-hydrogen) atoms. The van der Waals surface area contributed by atoms with E-state index in [0.29, 0.717) is 6.04 Å². The van der Waals surface area contributed by atoms with Crippen LogP contribution in [0.3, 0.4) is 0 Å². The summed E-state index contributed by atoms with van der Waals surface area (Å²) >= 11 is 0. The maximum atomic E-state index is 5.37. The predicted molar refractivity (Wildman–Crippen MR) is 86.6 cm³/mol. The molecule has 4 nitrogen and oxygen atoms in total. The van der Waals surface area contributed by atoms with Gasteiger partial charge in [-0.05, 0) is 60.7 Å². The van der Waals surface area contributed by atoms with E-state index in [9.17, 15) is 0 Å². The van der Waals surface area contributed by atoms with Gasteiger partial charge in [0.05, 0.1) is 14.2 Å². The van der Waals surface area contributed by atoms with E-state index in [1.807, 2.05) is 18.5 Å². The molecule has 1 unspecified atom stereocenters. The second-order valence-electron chi connectivity index (χ2n) is 5.56. The predicted octanol–water partition coefficient (Wildman–Crippen LogP) is 2.92. The molecule has 0 aliphatic carbocycles. The van der Waals surface area contributed by atoms with Gasteiger partial charge in [-0.3, -0.25) is 4.98 Å². The lowest BCUT2D eigenvalue weighted by molar-refractivity contribution is 0.354. The minimum Gasteiger partial charge on any atom is -0.493 e. The fourth-order valence-electron chi connectivity index (χ4n) is 3.07. The molecule has 3 rings (SSSR count). The lowest BCUT2D eigenvalue weighted by atomic mass is 9.92. The van der Waals surface area contributed by atoms with Crippen molar-refractivity contribution < 1.29 is 9.47 Å². The molecule has 1 atom stereocenters. The molecule has 2 aromatic rings. The van der Waals surface area contributed by atoms with Crippen LogP contribution >= 0.6 is 0 Å². The van der Waals surface area contributed by atoms with Gasteiger partial charge in [-0.2, -0.15) is 0 Å². The van der Waals surface area contributed by atoms with E-state index in [-0.39, 0.29) is 0 Å². The molecule has 1 aliphatic heterocycles. The molecule has 0 saturated heterocycles. The second kappa shape index (κ2) is 6.79. The Morgan fingerprint density at radius 3 is 2.86 bits per heavy atom. The Bertz CT molecular complexity index is 643. The topological polar surface area (TPSA) is 43.4 Å². The molecule has 0 amide bonds. The third-order valence-corrected chi connectivity index (χ3v) is 4.28. The summed E-state index contributed by atoms with van der Waals surface area (Å²) in [6, 6.07) is 8.66. The number of rotatable bonds is 5. The van der Waals surface area contributed by atoms with Gasteiger partial charge < -0.3 is 14.8 Å². The van der Waals surface area contributed by atoms with Crippen LogP contribution < -0.4 is 14.8 Å². The van der Waals surface area contributed by atoms with Gasteiger partial charge in [0.2, 0.25) is 0 Å². The van der Waals surface area contributed by atoms with E-state index < -0.39 is 0 Å². The molecule has 1 N–H and O–H groups in total. The molecule has 4 heteroatoms. The van der Waals surface area contributed by atoms with Crippen molar-refractivity contribution in [1.82, 2.24) is 10.3 Å². The Balaban J connectivity index is 1.71. The summed E-state index contributed by atoms with van der Waals surface area (Å²) in [5.74, 6) is 1.57. The lowest BCUT2D eigenvalue weighted by Gasteiger charge is -2.26. The molecule has 1 aromatic carbocycles. The van der Waals surface area contributed by atoms with E-state index in [0.717, 1.165) is 37.3 Å². The largest absolute Gasteiger partial charge is 0.493 e. The van der Waals surface area contributed by atoms with Gasteiger partial charge >= 0.3 is 0 Å². The number of methoxy groups -OCH3 is 2. The Hall–Kier alpha value is -2.07. The first-order valence-corrected chi connectivity index (χ1v) is 7.69. The number of pyridine rings is 1. The third-order valence-electron chi connectivity index (χ3n) is 4.28. The van der Waals surface area contributed by atoms with Gasteiger partial charge in [-0.1, -0.05) is 6.07 Å². The quantitative estimate of drug-likeness (QED) is 0.922. The number of nitrogens with one attached hydrogen (secondary N) is 1. The molecule has 0 spiro atoms. The molecule has 2 heterocycles. The number of hydrogen-bond acceptors (Lipinski definition) is 4. The average molecular weight is 298 g/mol. The first-order valence-electron chi connectivity index (χ1n) is 7.69.